The van der Waals surface area contributed by atoms with Crippen molar-refractivity contribution in [1.82, 2.24) is 9.78 Å². The maximum atomic E-state index is 5.37. The highest BCUT2D eigenvalue weighted by Crippen LogP contribution is 2.33. The van der Waals surface area contributed by atoms with Crippen molar-refractivity contribution in [3.05, 3.63) is 42.2 Å². The minimum Gasteiger partial charge on any atom is -0.494 e. The number of aromatic nitrogens is 2. The lowest BCUT2D eigenvalue weighted by Crippen LogP contribution is -2.00. The highest BCUT2D eigenvalue weighted by molar-refractivity contribution is 5.45. The van der Waals surface area contributed by atoms with Crippen molar-refractivity contribution in [3.63, 3.8) is 0 Å². The van der Waals surface area contributed by atoms with Gasteiger partial charge < -0.3 is 4.74 Å². The van der Waals surface area contributed by atoms with Crippen molar-refractivity contribution < 1.29 is 4.74 Å². The van der Waals surface area contributed by atoms with Gasteiger partial charge in [0.25, 0.3) is 0 Å². The van der Waals surface area contributed by atoms with E-state index < -0.39 is 0 Å². The van der Waals surface area contributed by atoms with E-state index in [0.29, 0.717) is 5.92 Å². The normalized spacial score (nSPS) is 16.1. The maximum absolute atomic E-state index is 5.37. The van der Waals surface area contributed by atoms with Crippen molar-refractivity contribution in [2.75, 3.05) is 7.11 Å². The van der Waals surface area contributed by atoms with Gasteiger partial charge in [-0.15, -0.1) is 0 Å². The van der Waals surface area contributed by atoms with Crippen LogP contribution in [0.3, 0.4) is 0 Å². The first-order valence-electron chi connectivity index (χ1n) is 6.57. The molecule has 0 bridgehead atoms. The topological polar surface area (TPSA) is 27.1 Å². The van der Waals surface area contributed by atoms with Crippen LogP contribution in [0, 0.1) is 0 Å². The molecule has 3 rings (SSSR count). The van der Waals surface area contributed by atoms with Crippen LogP contribution in [0.1, 0.15) is 37.3 Å². The minimum absolute atomic E-state index is 0.654. The number of nitrogens with zero attached hydrogens (tertiary/aromatic N) is 2. The van der Waals surface area contributed by atoms with E-state index >= 15 is 0 Å². The molecule has 94 valence electrons. The molecule has 1 saturated carbocycles. The van der Waals surface area contributed by atoms with Gasteiger partial charge in [-0.3, -0.25) is 0 Å². The molecule has 0 radical (unpaired) electrons. The van der Waals surface area contributed by atoms with Crippen molar-refractivity contribution in [3.8, 4) is 11.4 Å². The predicted molar refractivity (Wildman–Crippen MR) is 71.3 cm³/mol. The molecule has 3 nitrogen and oxygen atoms in total. The third-order valence-electron chi connectivity index (χ3n) is 3.72. The second kappa shape index (κ2) is 4.84. The fraction of sp³-hybridized carbons (Fsp3) is 0.400. The summed E-state index contributed by atoms with van der Waals surface area (Å²) in [5.74, 6) is 1.51. The van der Waals surface area contributed by atoms with Crippen LogP contribution < -0.4 is 4.74 Å². The second-order valence-corrected chi connectivity index (χ2v) is 4.84. The Balaban J connectivity index is 1.92. The standard InChI is InChI=1S/C15H18N2O/c1-18-15-9-5-4-8-14(15)17-11-10-13(16-17)12-6-2-3-7-12/h4-5,8-12H,2-3,6-7H2,1H3. The molecule has 3 heteroatoms. The molecule has 0 N–H and O–H groups in total. The number of rotatable bonds is 3. The van der Waals surface area contributed by atoms with E-state index in [1.165, 1.54) is 31.4 Å². The molecule has 0 spiro atoms. The van der Waals surface area contributed by atoms with Gasteiger partial charge in [-0.25, -0.2) is 4.68 Å². The Kier molecular flexibility index (Phi) is 3.05. The first-order valence-corrected chi connectivity index (χ1v) is 6.57. The molecule has 0 amide bonds. The molecule has 0 saturated heterocycles. The second-order valence-electron chi connectivity index (χ2n) is 4.84. The van der Waals surface area contributed by atoms with Crippen LogP contribution in [0.15, 0.2) is 36.5 Å². The van der Waals surface area contributed by atoms with E-state index in [1.54, 1.807) is 7.11 Å². The Hall–Kier alpha value is -1.77. The molecule has 0 atom stereocenters. The van der Waals surface area contributed by atoms with Crippen LogP contribution in [-0.4, -0.2) is 16.9 Å². The van der Waals surface area contributed by atoms with E-state index in [-0.39, 0.29) is 0 Å². The number of hydrogen-bond acceptors (Lipinski definition) is 2. The van der Waals surface area contributed by atoms with Crippen molar-refractivity contribution in [2.24, 2.45) is 0 Å². The number of para-hydroxylation sites is 2. The van der Waals surface area contributed by atoms with Crippen LogP contribution >= 0.6 is 0 Å². The Morgan fingerprint density at radius 2 is 1.94 bits per heavy atom. The molecule has 1 heterocycles. The molecular weight excluding hydrogens is 224 g/mol. The van der Waals surface area contributed by atoms with Gasteiger partial charge in [0.05, 0.1) is 12.8 Å². The lowest BCUT2D eigenvalue weighted by atomic mass is 10.1. The summed E-state index contributed by atoms with van der Waals surface area (Å²) in [7, 11) is 1.69. The van der Waals surface area contributed by atoms with Crippen LogP contribution in [-0.2, 0) is 0 Å². The summed E-state index contributed by atoms with van der Waals surface area (Å²) in [4.78, 5) is 0. The summed E-state index contributed by atoms with van der Waals surface area (Å²) in [5.41, 5.74) is 2.22. The summed E-state index contributed by atoms with van der Waals surface area (Å²) in [6.07, 6.45) is 7.27. The van der Waals surface area contributed by atoms with E-state index in [4.69, 9.17) is 9.84 Å². The summed E-state index contributed by atoms with van der Waals surface area (Å²) in [5, 5.41) is 4.71. The summed E-state index contributed by atoms with van der Waals surface area (Å²) >= 11 is 0. The summed E-state index contributed by atoms with van der Waals surface area (Å²) in [6, 6.07) is 10.1. The summed E-state index contributed by atoms with van der Waals surface area (Å²) in [6.45, 7) is 0. The molecule has 1 aromatic heterocycles. The van der Waals surface area contributed by atoms with E-state index in [2.05, 4.69) is 6.07 Å². The molecule has 2 aromatic rings. The first kappa shape index (κ1) is 11.3. The Bertz CT molecular complexity index is 527. The molecule has 1 aromatic carbocycles. The van der Waals surface area contributed by atoms with Crippen molar-refractivity contribution >= 4 is 0 Å². The monoisotopic (exact) mass is 242 g/mol. The van der Waals surface area contributed by atoms with Crippen LogP contribution in [0.4, 0.5) is 0 Å². The number of methoxy groups -OCH3 is 1. The molecule has 1 fully saturated rings. The lowest BCUT2D eigenvalue weighted by molar-refractivity contribution is 0.411. The fourth-order valence-electron chi connectivity index (χ4n) is 2.73. The molecule has 1 aliphatic carbocycles. The number of hydrogen-bond donors (Lipinski definition) is 0. The average Bonchev–Trinajstić information content (AvgIpc) is 3.09. The van der Waals surface area contributed by atoms with Gasteiger partial charge in [0, 0.05) is 12.1 Å². The minimum atomic E-state index is 0.654. The number of ether oxygens (including phenoxy) is 1. The largest absolute Gasteiger partial charge is 0.494 e. The lowest BCUT2D eigenvalue weighted by Gasteiger charge is -2.08. The zero-order valence-corrected chi connectivity index (χ0v) is 10.7. The predicted octanol–water partition coefficient (Wildman–Crippen LogP) is 3.54. The molecule has 0 aliphatic heterocycles. The fourth-order valence-corrected chi connectivity index (χ4v) is 2.73. The van der Waals surface area contributed by atoms with Crippen molar-refractivity contribution in [2.45, 2.75) is 31.6 Å². The van der Waals surface area contributed by atoms with Gasteiger partial charge in [0.15, 0.2) is 0 Å². The zero-order valence-electron chi connectivity index (χ0n) is 10.7. The van der Waals surface area contributed by atoms with Gasteiger partial charge in [-0.05, 0) is 31.0 Å². The van der Waals surface area contributed by atoms with Gasteiger partial charge in [-0.2, -0.15) is 5.10 Å². The Morgan fingerprint density at radius 1 is 1.17 bits per heavy atom. The molecule has 0 unspecified atom stereocenters. The zero-order chi connectivity index (χ0) is 12.4. The van der Waals surface area contributed by atoms with Crippen LogP contribution in [0.25, 0.3) is 5.69 Å². The van der Waals surface area contributed by atoms with E-state index in [0.717, 1.165) is 11.4 Å². The van der Waals surface area contributed by atoms with E-state index in [9.17, 15) is 0 Å². The van der Waals surface area contributed by atoms with Gasteiger partial charge in [-0.1, -0.05) is 25.0 Å². The SMILES string of the molecule is COc1ccccc1-n1ccc(C2CCCC2)n1. The maximum Gasteiger partial charge on any atom is 0.144 e. The third-order valence-corrected chi connectivity index (χ3v) is 3.72. The Labute approximate surface area is 107 Å². The third kappa shape index (κ3) is 2.01. The Morgan fingerprint density at radius 3 is 2.72 bits per heavy atom. The van der Waals surface area contributed by atoms with Gasteiger partial charge in [0.2, 0.25) is 0 Å². The molecule has 1 aliphatic rings. The highest BCUT2D eigenvalue weighted by atomic mass is 16.5. The molecular formula is C15H18N2O. The van der Waals surface area contributed by atoms with Gasteiger partial charge >= 0.3 is 0 Å². The highest BCUT2D eigenvalue weighted by Gasteiger charge is 2.19. The van der Waals surface area contributed by atoms with Crippen LogP contribution in [0.2, 0.25) is 0 Å². The summed E-state index contributed by atoms with van der Waals surface area (Å²) < 4.78 is 7.30. The first-order chi connectivity index (χ1) is 8.88. The quantitative estimate of drug-likeness (QED) is 0.823. The average molecular weight is 242 g/mol. The number of benzene rings is 1. The van der Waals surface area contributed by atoms with E-state index in [1.807, 2.05) is 35.1 Å². The smallest absolute Gasteiger partial charge is 0.144 e. The molecule has 18 heavy (non-hydrogen) atoms. The van der Waals surface area contributed by atoms with Crippen LogP contribution in [0.5, 0.6) is 5.75 Å². The van der Waals surface area contributed by atoms with Crippen molar-refractivity contribution in [1.29, 1.82) is 0 Å². The van der Waals surface area contributed by atoms with Gasteiger partial charge in [0.1, 0.15) is 11.4 Å².